The van der Waals surface area contributed by atoms with Crippen LogP contribution in [0, 0.1) is 5.92 Å². The fourth-order valence-electron chi connectivity index (χ4n) is 7.38. The Morgan fingerprint density at radius 1 is 0.647 bits per heavy atom. The molecule has 0 spiro atoms. The second kappa shape index (κ2) is 12.6. The standard InChI is InChI=1S/C45H36BN5/c1-28(2)36-12-6-15-39(47-36)40-16-7-13-37(48-40)30-21-23-33-29(26-30)20-25-35-34-24-22-31(27-43(34)51(45(33)35)32-10-4-3-5-11-32)38-14-8-17-41(49-38)42-18-9-19-44(46)50-42/h3-28,36,40,47-48H,1-2H3. The van der Waals surface area contributed by atoms with Crippen LogP contribution in [0.2, 0.25) is 0 Å². The van der Waals surface area contributed by atoms with Gasteiger partial charge in [0.1, 0.15) is 7.85 Å². The lowest BCUT2D eigenvalue weighted by Crippen LogP contribution is -2.42. The first-order chi connectivity index (χ1) is 25.0. The van der Waals surface area contributed by atoms with E-state index in [9.17, 15) is 0 Å². The molecule has 7 aromatic rings. The van der Waals surface area contributed by atoms with E-state index >= 15 is 0 Å². The number of dihydropyridines is 2. The molecule has 6 heteroatoms. The van der Waals surface area contributed by atoms with Crippen LogP contribution in [0.15, 0.2) is 157 Å². The van der Waals surface area contributed by atoms with Crippen LogP contribution >= 0.6 is 0 Å². The summed E-state index contributed by atoms with van der Waals surface area (Å²) in [5, 5.41) is 12.3. The van der Waals surface area contributed by atoms with Gasteiger partial charge in [0, 0.05) is 44.8 Å². The summed E-state index contributed by atoms with van der Waals surface area (Å²) in [6.07, 6.45) is 13.1. The van der Waals surface area contributed by atoms with Crippen LogP contribution in [0.25, 0.3) is 66.6 Å². The lowest BCUT2D eigenvalue weighted by atomic mass is 9.97. The first kappa shape index (κ1) is 30.9. The number of pyridine rings is 2. The van der Waals surface area contributed by atoms with E-state index in [4.69, 9.17) is 12.8 Å². The Bertz CT molecular complexity index is 2590. The van der Waals surface area contributed by atoms with Crippen molar-refractivity contribution < 1.29 is 0 Å². The number of benzene rings is 4. The molecule has 5 heterocycles. The molecular formula is C45H36BN5. The second-order valence-electron chi connectivity index (χ2n) is 13.7. The predicted octanol–water partition coefficient (Wildman–Crippen LogP) is 8.79. The highest BCUT2D eigenvalue weighted by Crippen LogP contribution is 2.39. The van der Waals surface area contributed by atoms with Gasteiger partial charge in [-0.2, -0.15) is 0 Å². The summed E-state index contributed by atoms with van der Waals surface area (Å²) >= 11 is 0. The monoisotopic (exact) mass is 657 g/mol. The molecule has 3 aromatic heterocycles. The van der Waals surface area contributed by atoms with E-state index in [0.29, 0.717) is 17.6 Å². The Morgan fingerprint density at radius 2 is 1.39 bits per heavy atom. The van der Waals surface area contributed by atoms with Gasteiger partial charge in [0.05, 0.1) is 34.2 Å². The van der Waals surface area contributed by atoms with Gasteiger partial charge in [-0.25, -0.2) is 4.98 Å². The van der Waals surface area contributed by atoms with Crippen molar-refractivity contribution in [2.75, 3.05) is 0 Å². The van der Waals surface area contributed by atoms with Crippen molar-refractivity contribution in [3.63, 3.8) is 0 Å². The first-order valence-corrected chi connectivity index (χ1v) is 17.6. The molecule has 2 N–H and O–H groups in total. The molecule has 0 fully saturated rings. The number of rotatable bonds is 6. The van der Waals surface area contributed by atoms with Crippen molar-refractivity contribution in [2.24, 2.45) is 5.92 Å². The Labute approximate surface area is 299 Å². The maximum absolute atomic E-state index is 5.99. The zero-order chi connectivity index (χ0) is 34.5. The third-order valence-electron chi connectivity index (χ3n) is 10.0. The van der Waals surface area contributed by atoms with E-state index in [-0.39, 0.29) is 6.04 Å². The Morgan fingerprint density at radius 3 is 2.24 bits per heavy atom. The van der Waals surface area contributed by atoms with Crippen LogP contribution in [-0.2, 0) is 0 Å². The Kier molecular flexibility index (Phi) is 7.65. The third-order valence-corrected chi connectivity index (χ3v) is 10.0. The lowest BCUT2D eigenvalue weighted by molar-refractivity contribution is 0.482. The van der Waals surface area contributed by atoms with E-state index in [1.54, 1.807) is 6.07 Å². The topological polar surface area (TPSA) is 54.8 Å². The summed E-state index contributed by atoms with van der Waals surface area (Å²) in [6.45, 7) is 4.50. The molecule has 0 saturated carbocycles. The highest BCUT2D eigenvalue weighted by molar-refractivity contribution is 6.30. The average molecular weight is 658 g/mol. The second-order valence-corrected chi connectivity index (χ2v) is 13.7. The number of hydrogen-bond donors (Lipinski definition) is 2. The molecule has 2 unspecified atom stereocenters. The van der Waals surface area contributed by atoms with E-state index < -0.39 is 0 Å². The molecule has 5 nitrogen and oxygen atoms in total. The molecule has 244 valence electrons. The van der Waals surface area contributed by atoms with Crippen LogP contribution in [0.3, 0.4) is 0 Å². The highest BCUT2D eigenvalue weighted by Gasteiger charge is 2.22. The largest absolute Gasteiger partial charge is 0.380 e. The SMILES string of the molecule is [B]c1cccc(-c2cccc(-c3ccc4c5ccc6cc(C7=CC=CC(C8=CC=CC(C(C)C)N8)N7)ccc6c5n(-c5ccccc5)c4c3)n2)n1. The first-order valence-electron chi connectivity index (χ1n) is 17.6. The number of aromatic nitrogens is 3. The Hall–Kier alpha value is -6.14. The van der Waals surface area contributed by atoms with Crippen molar-refractivity contribution >= 4 is 51.7 Å². The van der Waals surface area contributed by atoms with Crippen LogP contribution in [0.4, 0.5) is 0 Å². The number of fused-ring (bicyclic) bond motifs is 5. The number of para-hydroxylation sites is 1. The summed E-state index contributed by atoms with van der Waals surface area (Å²) in [6, 6.07) is 40.8. The van der Waals surface area contributed by atoms with Gasteiger partial charge < -0.3 is 15.2 Å². The number of nitrogens with one attached hydrogen (secondary N) is 2. The summed E-state index contributed by atoms with van der Waals surface area (Å²) in [7, 11) is 5.99. The van der Waals surface area contributed by atoms with Gasteiger partial charge in [0.2, 0.25) is 0 Å². The van der Waals surface area contributed by atoms with Crippen LogP contribution < -0.4 is 16.2 Å². The van der Waals surface area contributed by atoms with E-state index in [1.807, 2.05) is 24.3 Å². The minimum atomic E-state index is 0.0847. The van der Waals surface area contributed by atoms with Gasteiger partial charge in [-0.3, -0.25) is 4.98 Å². The van der Waals surface area contributed by atoms with E-state index in [2.05, 4.69) is 155 Å². The molecule has 2 radical (unpaired) electrons. The Balaban J connectivity index is 1.14. The fourth-order valence-corrected chi connectivity index (χ4v) is 7.38. The molecule has 9 rings (SSSR count). The molecule has 0 aliphatic carbocycles. The molecule has 2 aliphatic heterocycles. The zero-order valence-electron chi connectivity index (χ0n) is 28.6. The van der Waals surface area contributed by atoms with Crippen LogP contribution in [0.5, 0.6) is 0 Å². The van der Waals surface area contributed by atoms with Gasteiger partial charge in [0.25, 0.3) is 0 Å². The summed E-state index contributed by atoms with van der Waals surface area (Å²) in [4.78, 5) is 9.52. The summed E-state index contributed by atoms with van der Waals surface area (Å²) in [5.74, 6) is 0.517. The van der Waals surface area contributed by atoms with Crippen molar-refractivity contribution in [1.82, 2.24) is 25.2 Å². The van der Waals surface area contributed by atoms with Crippen molar-refractivity contribution in [2.45, 2.75) is 25.9 Å². The molecule has 2 atom stereocenters. The zero-order valence-corrected chi connectivity index (χ0v) is 28.6. The van der Waals surface area contributed by atoms with Crippen molar-refractivity contribution in [1.29, 1.82) is 0 Å². The predicted molar refractivity (Wildman–Crippen MR) is 213 cm³/mol. The van der Waals surface area contributed by atoms with Gasteiger partial charge >= 0.3 is 0 Å². The van der Waals surface area contributed by atoms with E-state index in [1.165, 1.54) is 32.8 Å². The lowest BCUT2D eigenvalue weighted by Gasteiger charge is -2.31. The summed E-state index contributed by atoms with van der Waals surface area (Å²) in [5.41, 5.74) is 10.8. The molecule has 0 saturated heterocycles. The van der Waals surface area contributed by atoms with E-state index in [0.717, 1.165) is 45.1 Å². The highest BCUT2D eigenvalue weighted by atomic mass is 15.0. The minimum Gasteiger partial charge on any atom is -0.380 e. The smallest absolute Gasteiger partial charge is 0.141 e. The van der Waals surface area contributed by atoms with Gasteiger partial charge in [0.15, 0.2) is 0 Å². The fraction of sp³-hybridized carbons (Fsp3) is 0.111. The maximum Gasteiger partial charge on any atom is 0.141 e. The molecule has 51 heavy (non-hydrogen) atoms. The van der Waals surface area contributed by atoms with Gasteiger partial charge in [-0.1, -0.05) is 111 Å². The molecular weight excluding hydrogens is 621 g/mol. The van der Waals surface area contributed by atoms with Gasteiger partial charge in [-0.05, 0) is 77.1 Å². The quantitative estimate of drug-likeness (QED) is 0.176. The number of hydrogen-bond acceptors (Lipinski definition) is 4. The minimum absolute atomic E-state index is 0.0847. The molecule has 0 amide bonds. The number of allylic oxidation sites excluding steroid dienone is 4. The van der Waals surface area contributed by atoms with Crippen molar-refractivity contribution in [3.8, 4) is 28.3 Å². The maximum atomic E-state index is 5.99. The molecule has 0 bridgehead atoms. The molecule has 2 aliphatic rings. The van der Waals surface area contributed by atoms with Crippen molar-refractivity contribution in [3.05, 3.63) is 163 Å². The summed E-state index contributed by atoms with van der Waals surface area (Å²) < 4.78 is 2.40. The molecule has 4 aromatic carbocycles. The van der Waals surface area contributed by atoms with Gasteiger partial charge in [-0.15, -0.1) is 0 Å². The number of nitrogens with zero attached hydrogens (tertiary/aromatic N) is 3. The third kappa shape index (κ3) is 5.63. The van der Waals surface area contributed by atoms with Crippen LogP contribution in [0.1, 0.15) is 19.4 Å². The average Bonchev–Trinajstić information content (AvgIpc) is 3.52. The normalized spacial score (nSPS) is 17.1. The van der Waals surface area contributed by atoms with Crippen LogP contribution in [-0.4, -0.2) is 34.5 Å².